The molecular weight excluding hydrogens is 326 g/mol. The van der Waals surface area contributed by atoms with E-state index in [0.29, 0.717) is 19.5 Å². The Morgan fingerprint density at radius 3 is 2.92 bits per heavy atom. The number of aromatic nitrogens is 1. The van der Waals surface area contributed by atoms with Gasteiger partial charge in [-0.15, -0.1) is 0 Å². The number of pyridine rings is 1. The van der Waals surface area contributed by atoms with E-state index in [1.807, 2.05) is 29.2 Å². The Bertz CT molecular complexity index is 834. The van der Waals surface area contributed by atoms with Crippen LogP contribution in [0.3, 0.4) is 0 Å². The van der Waals surface area contributed by atoms with Crippen molar-refractivity contribution in [2.75, 3.05) is 6.54 Å². The lowest BCUT2D eigenvalue weighted by atomic mass is 10.1. The minimum atomic E-state index is -0.142. The first-order valence-corrected chi connectivity index (χ1v) is 9.28. The van der Waals surface area contributed by atoms with Crippen molar-refractivity contribution in [2.45, 2.75) is 44.7 Å². The van der Waals surface area contributed by atoms with Crippen LogP contribution in [0.4, 0.5) is 0 Å². The van der Waals surface area contributed by atoms with Crippen molar-refractivity contribution in [3.05, 3.63) is 65.0 Å². The molecule has 2 heterocycles. The summed E-state index contributed by atoms with van der Waals surface area (Å²) in [6.45, 7) is 1.99. The fraction of sp³-hybridized carbons (Fsp3) is 0.381. The fourth-order valence-electron chi connectivity index (χ4n) is 3.91. The van der Waals surface area contributed by atoms with E-state index in [1.165, 1.54) is 5.56 Å². The molecule has 2 amide bonds. The van der Waals surface area contributed by atoms with Gasteiger partial charge in [0.25, 0.3) is 0 Å². The van der Waals surface area contributed by atoms with Gasteiger partial charge in [-0.2, -0.15) is 0 Å². The number of carbonyl (C=O) groups excluding carboxylic acids is 2. The third kappa shape index (κ3) is 3.47. The molecule has 1 atom stereocenters. The molecule has 0 unspecified atom stereocenters. The number of carbonyl (C=O) groups is 2. The molecule has 0 bridgehead atoms. The average Bonchev–Trinajstić information content (AvgIpc) is 3.27. The Hall–Kier alpha value is -2.69. The molecule has 134 valence electrons. The van der Waals surface area contributed by atoms with Gasteiger partial charge in [0.15, 0.2) is 0 Å². The van der Waals surface area contributed by atoms with Gasteiger partial charge in [0, 0.05) is 32.3 Å². The van der Waals surface area contributed by atoms with E-state index < -0.39 is 0 Å². The summed E-state index contributed by atoms with van der Waals surface area (Å²) < 4.78 is 0. The molecule has 1 aliphatic carbocycles. The van der Waals surface area contributed by atoms with E-state index in [1.54, 1.807) is 6.20 Å². The number of hydrogen-bond acceptors (Lipinski definition) is 3. The van der Waals surface area contributed by atoms with Crippen LogP contribution < -0.4 is 5.32 Å². The summed E-state index contributed by atoms with van der Waals surface area (Å²) >= 11 is 0. The molecule has 1 aliphatic heterocycles. The van der Waals surface area contributed by atoms with E-state index in [-0.39, 0.29) is 17.7 Å². The van der Waals surface area contributed by atoms with Gasteiger partial charge < -0.3 is 10.2 Å². The van der Waals surface area contributed by atoms with Crippen LogP contribution >= 0.6 is 0 Å². The van der Waals surface area contributed by atoms with Crippen LogP contribution in [-0.4, -0.2) is 28.2 Å². The molecule has 0 radical (unpaired) electrons. The van der Waals surface area contributed by atoms with Gasteiger partial charge in [-0.05, 0) is 42.0 Å². The fourth-order valence-corrected chi connectivity index (χ4v) is 3.91. The van der Waals surface area contributed by atoms with Crippen molar-refractivity contribution in [3.8, 4) is 0 Å². The van der Waals surface area contributed by atoms with E-state index in [0.717, 1.165) is 42.6 Å². The van der Waals surface area contributed by atoms with Crippen LogP contribution in [-0.2, 0) is 29.1 Å². The quantitative estimate of drug-likeness (QED) is 0.902. The highest BCUT2D eigenvalue weighted by Gasteiger charge is 2.29. The average molecular weight is 349 g/mol. The molecule has 5 heteroatoms. The maximum atomic E-state index is 12.6. The summed E-state index contributed by atoms with van der Waals surface area (Å²) in [5.74, 6) is 0.135. The van der Waals surface area contributed by atoms with Crippen LogP contribution in [0.2, 0.25) is 0 Å². The Labute approximate surface area is 153 Å². The van der Waals surface area contributed by atoms with Gasteiger partial charge in [-0.25, -0.2) is 0 Å². The molecular formula is C21H23N3O2. The predicted octanol–water partition coefficient (Wildman–Crippen LogP) is 2.55. The van der Waals surface area contributed by atoms with Crippen LogP contribution in [0.1, 0.15) is 47.6 Å². The molecule has 2 aliphatic rings. The molecule has 1 aromatic heterocycles. The lowest BCUT2D eigenvalue weighted by molar-refractivity contribution is -0.128. The molecule has 2 aromatic rings. The largest absolute Gasteiger partial charge is 0.351 e. The van der Waals surface area contributed by atoms with Gasteiger partial charge >= 0.3 is 0 Å². The van der Waals surface area contributed by atoms with E-state index in [4.69, 9.17) is 0 Å². The smallest absolute Gasteiger partial charge is 0.229 e. The van der Waals surface area contributed by atoms with Crippen molar-refractivity contribution < 1.29 is 9.59 Å². The number of amides is 2. The van der Waals surface area contributed by atoms with Gasteiger partial charge in [0.2, 0.25) is 11.8 Å². The Morgan fingerprint density at radius 2 is 2.08 bits per heavy atom. The number of nitrogens with zero attached hydrogens (tertiary/aromatic N) is 2. The molecule has 1 aromatic carbocycles. The predicted molar refractivity (Wildman–Crippen MR) is 98.2 cm³/mol. The maximum absolute atomic E-state index is 12.6. The Morgan fingerprint density at radius 1 is 1.19 bits per heavy atom. The standard InChI is InChI=1S/C21H23N3O2/c25-19-7-3-11-24(19)14-16-5-1-4-15(12-16)13-23-21(26)18-9-8-17-6-2-10-22-20(17)18/h1-2,4-6,10,12,18H,3,7-9,11,13-14H2,(H,23,26)/t18-/m1/s1. The second kappa shape index (κ2) is 7.28. The van der Waals surface area contributed by atoms with E-state index in [2.05, 4.69) is 22.4 Å². The molecule has 1 saturated heterocycles. The zero-order valence-corrected chi connectivity index (χ0v) is 14.8. The molecule has 26 heavy (non-hydrogen) atoms. The van der Waals surface area contributed by atoms with Gasteiger partial charge in [-0.3, -0.25) is 14.6 Å². The summed E-state index contributed by atoms with van der Waals surface area (Å²) in [6, 6.07) is 12.1. The first-order chi connectivity index (χ1) is 12.7. The minimum Gasteiger partial charge on any atom is -0.351 e. The number of hydrogen-bond donors (Lipinski definition) is 1. The van der Waals surface area contributed by atoms with E-state index >= 15 is 0 Å². The van der Waals surface area contributed by atoms with Crippen LogP contribution in [0, 0.1) is 0 Å². The number of fused-ring (bicyclic) bond motifs is 1. The second-order valence-corrected chi connectivity index (χ2v) is 7.10. The second-order valence-electron chi connectivity index (χ2n) is 7.10. The highest BCUT2D eigenvalue weighted by atomic mass is 16.2. The summed E-state index contributed by atoms with van der Waals surface area (Å²) in [5, 5.41) is 3.05. The topological polar surface area (TPSA) is 62.3 Å². The van der Waals surface area contributed by atoms with Crippen LogP contribution in [0.15, 0.2) is 42.6 Å². The normalized spacial score (nSPS) is 18.8. The first-order valence-electron chi connectivity index (χ1n) is 9.28. The number of aryl methyl sites for hydroxylation is 1. The zero-order valence-electron chi connectivity index (χ0n) is 14.8. The van der Waals surface area contributed by atoms with Crippen molar-refractivity contribution in [2.24, 2.45) is 0 Å². The Kier molecular flexibility index (Phi) is 4.69. The summed E-state index contributed by atoms with van der Waals surface area (Å²) in [4.78, 5) is 30.7. The van der Waals surface area contributed by atoms with Crippen molar-refractivity contribution in [1.82, 2.24) is 15.2 Å². The SMILES string of the molecule is O=C(NCc1cccc(CN2CCCC2=O)c1)[C@@H]1CCc2cccnc21. The van der Waals surface area contributed by atoms with Gasteiger partial charge in [-0.1, -0.05) is 30.3 Å². The van der Waals surface area contributed by atoms with Crippen molar-refractivity contribution >= 4 is 11.8 Å². The van der Waals surface area contributed by atoms with Crippen LogP contribution in [0.5, 0.6) is 0 Å². The third-order valence-corrected chi connectivity index (χ3v) is 5.28. The lowest BCUT2D eigenvalue weighted by Crippen LogP contribution is -2.28. The van der Waals surface area contributed by atoms with Crippen LogP contribution in [0.25, 0.3) is 0 Å². The minimum absolute atomic E-state index is 0.0440. The molecule has 5 nitrogen and oxygen atoms in total. The van der Waals surface area contributed by atoms with Crippen molar-refractivity contribution in [1.29, 1.82) is 0 Å². The Balaban J connectivity index is 1.37. The number of likely N-dealkylation sites (tertiary alicyclic amines) is 1. The van der Waals surface area contributed by atoms with Gasteiger partial charge in [0.1, 0.15) is 0 Å². The number of benzene rings is 1. The molecule has 0 spiro atoms. The molecule has 1 fully saturated rings. The zero-order chi connectivity index (χ0) is 17.9. The summed E-state index contributed by atoms with van der Waals surface area (Å²) in [5.41, 5.74) is 4.28. The van der Waals surface area contributed by atoms with Gasteiger partial charge in [0.05, 0.1) is 11.6 Å². The molecule has 0 saturated carbocycles. The lowest BCUT2D eigenvalue weighted by Gasteiger charge is -2.16. The summed E-state index contributed by atoms with van der Waals surface area (Å²) in [6.07, 6.45) is 5.11. The highest BCUT2D eigenvalue weighted by Crippen LogP contribution is 2.31. The van der Waals surface area contributed by atoms with Crippen molar-refractivity contribution in [3.63, 3.8) is 0 Å². The third-order valence-electron chi connectivity index (χ3n) is 5.28. The summed E-state index contributed by atoms with van der Waals surface area (Å²) in [7, 11) is 0. The number of nitrogens with one attached hydrogen (secondary N) is 1. The molecule has 1 N–H and O–H groups in total. The number of rotatable bonds is 5. The maximum Gasteiger partial charge on any atom is 0.229 e. The first kappa shape index (κ1) is 16.8. The highest BCUT2D eigenvalue weighted by molar-refractivity contribution is 5.84. The monoisotopic (exact) mass is 349 g/mol. The van der Waals surface area contributed by atoms with E-state index in [9.17, 15) is 9.59 Å². The molecule has 4 rings (SSSR count).